The summed E-state index contributed by atoms with van der Waals surface area (Å²) in [6.45, 7) is 1.39. The molecule has 7 heteroatoms. The molecule has 0 aliphatic carbocycles. The van der Waals surface area contributed by atoms with Gasteiger partial charge in [-0.15, -0.1) is 11.8 Å². The van der Waals surface area contributed by atoms with Crippen LogP contribution in [-0.4, -0.2) is 34.7 Å². The summed E-state index contributed by atoms with van der Waals surface area (Å²) in [6.07, 6.45) is 0. The quantitative estimate of drug-likeness (QED) is 0.762. The maximum absolute atomic E-state index is 11.3. The molecule has 1 heterocycles. The number of ether oxygens (including phenoxy) is 1. The molecular weight excluding hydrogens is 260 g/mol. The van der Waals surface area contributed by atoms with Crippen LogP contribution in [0.1, 0.15) is 6.92 Å². The van der Waals surface area contributed by atoms with Gasteiger partial charge in [-0.1, -0.05) is 11.6 Å². The minimum atomic E-state index is -1.81. The summed E-state index contributed by atoms with van der Waals surface area (Å²) in [5.74, 6) is -0.729. The fourth-order valence-corrected chi connectivity index (χ4v) is 3.67. The molecule has 0 aromatic carbocycles. The van der Waals surface area contributed by atoms with Gasteiger partial charge in [-0.2, -0.15) is 0 Å². The van der Waals surface area contributed by atoms with Crippen LogP contribution in [0.25, 0.3) is 0 Å². The molecule has 0 saturated carbocycles. The van der Waals surface area contributed by atoms with E-state index in [1.54, 1.807) is 0 Å². The zero-order chi connectivity index (χ0) is 11.6. The maximum Gasteiger partial charge on any atom is 0.344 e. The highest BCUT2D eigenvalue weighted by atomic mass is 35.5. The summed E-state index contributed by atoms with van der Waals surface area (Å²) in [6, 6.07) is 0. The first-order valence-corrected chi connectivity index (χ1v) is 6.12. The lowest BCUT2D eigenvalue weighted by atomic mass is 10.1. The molecule has 0 radical (unpaired) electrons. The van der Waals surface area contributed by atoms with Crippen molar-refractivity contribution in [1.82, 2.24) is 0 Å². The Morgan fingerprint density at radius 1 is 1.67 bits per heavy atom. The van der Waals surface area contributed by atoms with E-state index >= 15 is 0 Å². The Balaban J connectivity index is 2.94. The second kappa shape index (κ2) is 4.78. The monoisotopic (exact) mass is 268 g/mol. The molecule has 1 unspecified atom stereocenters. The second-order valence-electron chi connectivity index (χ2n) is 2.84. The highest BCUT2D eigenvalue weighted by molar-refractivity contribution is 8.29. The van der Waals surface area contributed by atoms with E-state index < -0.39 is 11.6 Å². The molecule has 0 saturated heterocycles. The molecule has 4 nitrogen and oxygen atoms in total. The fourth-order valence-electron chi connectivity index (χ4n) is 0.988. The lowest BCUT2D eigenvalue weighted by Gasteiger charge is -2.18. The number of hydrogen-bond donors (Lipinski definition) is 1. The molecule has 84 valence electrons. The molecular formula is C8H9ClO4S2. The molecule has 0 fully saturated rings. The summed E-state index contributed by atoms with van der Waals surface area (Å²) >= 11 is 7.91. The Morgan fingerprint density at radius 3 is 2.73 bits per heavy atom. The molecule has 1 aliphatic rings. The van der Waals surface area contributed by atoms with Crippen LogP contribution in [0.5, 0.6) is 0 Å². The van der Waals surface area contributed by atoms with Crippen LogP contribution in [0.15, 0.2) is 9.27 Å². The third kappa shape index (κ3) is 2.50. The van der Waals surface area contributed by atoms with Crippen LogP contribution in [0.3, 0.4) is 0 Å². The normalized spacial score (nSPS) is 25.6. The number of carbonyl (C=O) groups excluding carboxylic acids is 2. The SMILES string of the molecule is COC(=O)C1(O)CSC(SC(C)=O)=C1Cl. The van der Waals surface area contributed by atoms with E-state index in [4.69, 9.17) is 11.6 Å². The molecule has 0 aromatic heterocycles. The number of rotatable bonds is 2. The number of aliphatic hydroxyl groups is 1. The van der Waals surface area contributed by atoms with Gasteiger partial charge in [0.25, 0.3) is 0 Å². The predicted molar refractivity (Wildman–Crippen MR) is 60.6 cm³/mol. The summed E-state index contributed by atoms with van der Waals surface area (Å²) in [7, 11) is 1.17. The molecule has 1 rings (SSSR count). The van der Waals surface area contributed by atoms with Crippen molar-refractivity contribution in [3.8, 4) is 0 Å². The van der Waals surface area contributed by atoms with Crippen LogP contribution in [0.4, 0.5) is 0 Å². The summed E-state index contributed by atoms with van der Waals surface area (Å²) < 4.78 is 4.90. The summed E-state index contributed by atoms with van der Waals surface area (Å²) in [5, 5.41) is 9.73. The number of esters is 1. The van der Waals surface area contributed by atoms with Crippen molar-refractivity contribution < 1.29 is 19.4 Å². The van der Waals surface area contributed by atoms with Crippen molar-refractivity contribution in [3.63, 3.8) is 0 Å². The highest BCUT2D eigenvalue weighted by Gasteiger charge is 2.47. The highest BCUT2D eigenvalue weighted by Crippen LogP contribution is 2.47. The van der Waals surface area contributed by atoms with Crippen LogP contribution >= 0.6 is 35.1 Å². The van der Waals surface area contributed by atoms with E-state index in [-0.39, 0.29) is 15.9 Å². The lowest BCUT2D eigenvalue weighted by Crippen LogP contribution is -2.40. The predicted octanol–water partition coefficient (Wildman–Crippen LogP) is 1.32. The van der Waals surface area contributed by atoms with Gasteiger partial charge in [0.05, 0.1) is 16.4 Å². The Kier molecular flexibility index (Phi) is 4.11. The van der Waals surface area contributed by atoms with Crippen molar-refractivity contribution in [2.24, 2.45) is 0 Å². The molecule has 0 bridgehead atoms. The minimum absolute atomic E-state index is 0.0282. The Hall–Kier alpha value is -0.170. The average Bonchev–Trinajstić information content (AvgIpc) is 2.45. The van der Waals surface area contributed by atoms with E-state index in [1.165, 1.54) is 25.8 Å². The van der Waals surface area contributed by atoms with E-state index in [2.05, 4.69) is 4.74 Å². The van der Waals surface area contributed by atoms with Crippen LogP contribution in [0, 0.1) is 0 Å². The van der Waals surface area contributed by atoms with Gasteiger partial charge in [-0.05, 0) is 11.8 Å². The zero-order valence-electron chi connectivity index (χ0n) is 8.07. The smallest absolute Gasteiger partial charge is 0.344 e. The van der Waals surface area contributed by atoms with Crippen molar-refractivity contribution in [1.29, 1.82) is 0 Å². The van der Waals surface area contributed by atoms with Gasteiger partial charge < -0.3 is 9.84 Å². The molecule has 15 heavy (non-hydrogen) atoms. The Morgan fingerprint density at radius 2 is 2.27 bits per heavy atom. The fraction of sp³-hybridized carbons (Fsp3) is 0.500. The number of hydrogen-bond acceptors (Lipinski definition) is 6. The maximum atomic E-state index is 11.3. The Bertz CT molecular complexity index is 342. The van der Waals surface area contributed by atoms with Gasteiger partial charge in [0, 0.05) is 12.7 Å². The first-order chi connectivity index (χ1) is 6.91. The Labute approximate surface area is 100 Å². The number of methoxy groups -OCH3 is 1. The van der Waals surface area contributed by atoms with E-state index in [1.807, 2.05) is 0 Å². The van der Waals surface area contributed by atoms with E-state index in [9.17, 15) is 14.7 Å². The molecule has 1 aliphatic heterocycles. The van der Waals surface area contributed by atoms with Crippen molar-refractivity contribution in [3.05, 3.63) is 9.27 Å². The van der Waals surface area contributed by atoms with Gasteiger partial charge in [-0.25, -0.2) is 4.79 Å². The molecule has 0 aromatic rings. The largest absolute Gasteiger partial charge is 0.467 e. The molecule has 1 N–H and O–H groups in total. The number of thioether (sulfide) groups is 2. The number of halogens is 1. The van der Waals surface area contributed by atoms with Gasteiger partial charge in [0.2, 0.25) is 5.60 Å². The van der Waals surface area contributed by atoms with Gasteiger partial charge in [-0.3, -0.25) is 4.79 Å². The molecule has 0 spiro atoms. The standard InChI is InChI=1S/C8H9ClO4S2/c1-4(10)15-6-5(9)8(12,3-14-6)7(11)13-2/h12H,3H2,1-2H3. The van der Waals surface area contributed by atoms with E-state index in [0.717, 1.165) is 11.8 Å². The van der Waals surface area contributed by atoms with Gasteiger partial charge in [0.1, 0.15) is 0 Å². The first kappa shape index (κ1) is 12.9. The van der Waals surface area contributed by atoms with Crippen LogP contribution < -0.4 is 0 Å². The van der Waals surface area contributed by atoms with Crippen LogP contribution in [-0.2, 0) is 14.3 Å². The number of carbonyl (C=O) groups is 2. The second-order valence-corrected chi connectivity index (χ2v) is 5.64. The van der Waals surface area contributed by atoms with E-state index in [0.29, 0.717) is 4.24 Å². The van der Waals surface area contributed by atoms with Gasteiger partial charge >= 0.3 is 5.97 Å². The first-order valence-electron chi connectivity index (χ1n) is 3.94. The topological polar surface area (TPSA) is 63.6 Å². The van der Waals surface area contributed by atoms with Gasteiger partial charge in [0.15, 0.2) is 5.12 Å². The third-order valence-electron chi connectivity index (χ3n) is 1.71. The minimum Gasteiger partial charge on any atom is -0.467 e. The average molecular weight is 269 g/mol. The van der Waals surface area contributed by atoms with Crippen LogP contribution in [0.2, 0.25) is 0 Å². The zero-order valence-corrected chi connectivity index (χ0v) is 10.5. The molecule has 0 amide bonds. The van der Waals surface area contributed by atoms with Crippen molar-refractivity contribution in [2.45, 2.75) is 12.5 Å². The lowest BCUT2D eigenvalue weighted by molar-refractivity contribution is -0.155. The summed E-state index contributed by atoms with van der Waals surface area (Å²) in [5.41, 5.74) is -1.81. The summed E-state index contributed by atoms with van der Waals surface area (Å²) in [4.78, 5) is 22.1. The van der Waals surface area contributed by atoms with Crippen molar-refractivity contribution in [2.75, 3.05) is 12.9 Å². The molecule has 1 atom stereocenters. The van der Waals surface area contributed by atoms with Crippen molar-refractivity contribution >= 4 is 46.2 Å². The third-order valence-corrected chi connectivity index (χ3v) is 4.75.